The molecule has 1 aliphatic carbocycles. The highest BCUT2D eigenvalue weighted by atomic mass is 16.5. The molecule has 4 rings (SSSR count). The Morgan fingerprint density at radius 1 is 0.973 bits per heavy atom. The van der Waals surface area contributed by atoms with Crippen LogP contribution in [0.2, 0.25) is 0 Å². The molecule has 1 unspecified atom stereocenters. The lowest BCUT2D eigenvalue weighted by Gasteiger charge is -2.31. The molecule has 2 aliphatic rings. The zero-order valence-electron chi connectivity index (χ0n) is 22.2. The smallest absolute Gasteiger partial charge is 0.253 e. The SMILES string of the molecule is COCCCOc1cc(CN(C(=O)C2CNCCO2)C2CC2)c(-c2ccc(OC)cc2OC)cc1OC. The summed E-state index contributed by atoms with van der Waals surface area (Å²) in [5.74, 6) is 2.62. The third-order valence-corrected chi connectivity index (χ3v) is 6.65. The van der Waals surface area contributed by atoms with Gasteiger partial charge in [-0.15, -0.1) is 0 Å². The maximum absolute atomic E-state index is 13.5. The molecule has 1 saturated carbocycles. The van der Waals surface area contributed by atoms with Crippen LogP contribution in [0, 0.1) is 0 Å². The third-order valence-electron chi connectivity index (χ3n) is 6.65. The van der Waals surface area contributed by atoms with E-state index in [-0.39, 0.29) is 11.9 Å². The van der Waals surface area contributed by atoms with Crippen molar-refractivity contribution >= 4 is 5.91 Å². The van der Waals surface area contributed by atoms with Crippen molar-refractivity contribution < 1.29 is 33.2 Å². The highest BCUT2D eigenvalue weighted by Crippen LogP contribution is 2.42. The van der Waals surface area contributed by atoms with Gasteiger partial charge in [0, 0.05) is 57.4 Å². The number of carbonyl (C=O) groups is 1. The van der Waals surface area contributed by atoms with Gasteiger partial charge in [0.25, 0.3) is 5.91 Å². The monoisotopic (exact) mass is 514 g/mol. The second-order valence-electron chi connectivity index (χ2n) is 9.18. The first-order valence-corrected chi connectivity index (χ1v) is 12.8. The summed E-state index contributed by atoms with van der Waals surface area (Å²) in [5.41, 5.74) is 2.72. The number of ether oxygens (including phenoxy) is 6. The van der Waals surface area contributed by atoms with Crippen LogP contribution < -0.4 is 24.3 Å². The van der Waals surface area contributed by atoms with E-state index in [4.69, 9.17) is 28.4 Å². The number of nitrogens with zero attached hydrogens (tertiary/aromatic N) is 1. The lowest BCUT2D eigenvalue weighted by atomic mass is 9.97. The summed E-state index contributed by atoms with van der Waals surface area (Å²) in [5, 5.41) is 3.27. The standard InChI is InChI=1S/C28H38N2O7/c1-32-11-5-12-36-26-14-19(18-30(20-6-7-20)28(31)27-17-29-10-13-37-27)23(16-25(26)35-4)22-9-8-21(33-2)15-24(22)34-3/h8-9,14-16,20,27,29H,5-7,10-13,17-18H2,1-4H3. The molecule has 37 heavy (non-hydrogen) atoms. The second-order valence-corrected chi connectivity index (χ2v) is 9.18. The zero-order chi connectivity index (χ0) is 26.2. The summed E-state index contributed by atoms with van der Waals surface area (Å²) in [6.07, 6.45) is 2.26. The second kappa shape index (κ2) is 13.0. The van der Waals surface area contributed by atoms with E-state index in [1.807, 2.05) is 35.2 Å². The molecule has 2 aromatic rings. The first kappa shape index (κ1) is 27.0. The van der Waals surface area contributed by atoms with Crippen molar-refractivity contribution in [3.05, 3.63) is 35.9 Å². The van der Waals surface area contributed by atoms with Crippen molar-refractivity contribution in [2.24, 2.45) is 0 Å². The Bertz CT molecular complexity index is 1050. The third kappa shape index (κ3) is 6.66. The number of rotatable bonds is 13. The van der Waals surface area contributed by atoms with Crippen LogP contribution in [0.5, 0.6) is 23.0 Å². The number of benzene rings is 2. The topological polar surface area (TPSA) is 87.7 Å². The largest absolute Gasteiger partial charge is 0.497 e. The van der Waals surface area contributed by atoms with Crippen LogP contribution in [0.15, 0.2) is 30.3 Å². The Labute approximate surface area is 218 Å². The number of carbonyl (C=O) groups excluding carboxylic acids is 1. The summed E-state index contributed by atoms with van der Waals surface area (Å²) in [6, 6.07) is 9.86. The number of methoxy groups -OCH3 is 4. The van der Waals surface area contributed by atoms with E-state index in [9.17, 15) is 4.79 Å². The summed E-state index contributed by atoms with van der Waals surface area (Å²) < 4.78 is 33.9. The normalized spacial score (nSPS) is 17.2. The van der Waals surface area contributed by atoms with Gasteiger partial charge in [-0.25, -0.2) is 0 Å². The highest BCUT2D eigenvalue weighted by molar-refractivity contribution is 5.83. The molecule has 0 aromatic heterocycles. The van der Waals surface area contributed by atoms with Crippen LogP contribution in [0.4, 0.5) is 0 Å². The average molecular weight is 515 g/mol. The summed E-state index contributed by atoms with van der Waals surface area (Å²) >= 11 is 0. The Hall–Kier alpha value is -3.01. The molecule has 1 heterocycles. The minimum absolute atomic E-state index is 0.0146. The molecular formula is C28H38N2O7. The van der Waals surface area contributed by atoms with Crippen LogP contribution >= 0.6 is 0 Å². The van der Waals surface area contributed by atoms with Crippen LogP contribution in [-0.2, 0) is 20.8 Å². The van der Waals surface area contributed by atoms with Crippen molar-refractivity contribution in [3.63, 3.8) is 0 Å². The van der Waals surface area contributed by atoms with Crippen molar-refractivity contribution in [1.82, 2.24) is 10.2 Å². The molecule has 9 heteroatoms. The van der Waals surface area contributed by atoms with Crippen LogP contribution in [0.25, 0.3) is 11.1 Å². The number of nitrogens with one attached hydrogen (secondary N) is 1. The molecule has 0 spiro atoms. The van der Waals surface area contributed by atoms with Gasteiger partial charge in [0.15, 0.2) is 11.5 Å². The lowest BCUT2D eigenvalue weighted by Crippen LogP contribution is -2.49. The molecule has 0 bridgehead atoms. The summed E-state index contributed by atoms with van der Waals surface area (Å²) in [6.45, 7) is 3.34. The van der Waals surface area contributed by atoms with Crippen LogP contribution in [0.1, 0.15) is 24.8 Å². The molecule has 1 saturated heterocycles. The predicted molar refractivity (Wildman–Crippen MR) is 140 cm³/mol. The number of morpholine rings is 1. The number of hydrogen-bond acceptors (Lipinski definition) is 8. The summed E-state index contributed by atoms with van der Waals surface area (Å²) in [4.78, 5) is 15.5. The average Bonchev–Trinajstić information content (AvgIpc) is 3.79. The van der Waals surface area contributed by atoms with Crippen molar-refractivity contribution in [1.29, 1.82) is 0 Å². The quantitative estimate of drug-likeness (QED) is 0.408. The van der Waals surface area contributed by atoms with Crippen LogP contribution in [0.3, 0.4) is 0 Å². The predicted octanol–water partition coefficient (Wildman–Crippen LogP) is 3.27. The van der Waals surface area contributed by atoms with Crippen molar-refractivity contribution in [2.45, 2.75) is 38.0 Å². The molecule has 2 fully saturated rings. The number of amides is 1. The lowest BCUT2D eigenvalue weighted by molar-refractivity contribution is -0.146. The van der Waals surface area contributed by atoms with Gasteiger partial charge in [-0.05, 0) is 48.2 Å². The molecule has 2 aromatic carbocycles. The summed E-state index contributed by atoms with van der Waals surface area (Å²) in [7, 11) is 6.56. The first-order chi connectivity index (χ1) is 18.1. The van der Waals surface area contributed by atoms with E-state index >= 15 is 0 Å². The van der Waals surface area contributed by atoms with E-state index in [0.29, 0.717) is 55.9 Å². The molecule has 9 nitrogen and oxygen atoms in total. The van der Waals surface area contributed by atoms with Gasteiger partial charge in [0.2, 0.25) is 0 Å². The first-order valence-electron chi connectivity index (χ1n) is 12.8. The number of hydrogen-bond donors (Lipinski definition) is 1. The van der Waals surface area contributed by atoms with Crippen molar-refractivity contribution in [3.8, 4) is 34.1 Å². The Morgan fingerprint density at radius 3 is 2.43 bits per heavy atom. The molecule has 1 amide bonds. The minimum Gasteiger partial charge on any atom is -0.497 e. The van der Waals surface area contributed by atoms with E-state index in [1.54, 1.807) is 28.4 Å². The van der Waals surface area contributed by atoms with E-state index in [2.05, 4.69) is 5.32 Å². The fourth-order valence-electron chi connectivity index (χ4n) is 4.53. The van der Waals surface area contributed by atoms with Gasteiger partial charge in [-0.2, -0.15) is 0 Å². The zero-order valence-corrected chi connectivity index (χ0v) is 22.2. The molecule has 0 radical (unpaired) electrons. The van der Waals surface area contributed by atoms with Gasteiger partial charge < -0.3 is 38.6 Å². The Balaban J connectivity index is 1.73. The molecule has 1 N–H and O–H groups in total. The van der Waals surface area contributed by atoms with Crippen LogP contribution in [-0.4, -0.2) is 84.3 Å². The van der Waals surface area contributed by atoms with E-state index < -0.39 is 6.10 Å². The van der Waals surface area contributed by atoms with Gasteiger partial charge in [-0.1, -0.05) is 0 Å². The molecule has 1 aliphatic heterocycles. The van der Waals surface area contributed by atoms with Gasteiger partial charge in [-0.3, -0.25) is 4.79 Å². The van der Waals surface area contributed by atoms with E-state index in [0.717, 1.165) is 42.5 Å². The van der Waals surface area contributed by atoms with Gasteiger partial charge in [0.05, 0.1) is 34.5 Å². The van der Waals surface area contributed by atoms with Crippen molar-refractivity contribution in [2.75, 3.05) is 61.3 Å². The minimum atomic E-state index is -0.476. The fourth-order valence-corrected chi connectivity index (χ4v) is 4.53. The maximum Gasteiger partial charge on any atom is 0.253 e. The van der Waals surface area contributed by atoms with E-state index in [1.165, 1.54) is 0 Å². The fraction of sp³-hybridized carbons (Fsp3) is 0.536. The maximum atomic E-state index is 13.5. The molecule has 1 atom stereocenters. The Morgan fingerprint density at radius 2 is 1.78 bits per heavy atom. The molecule has 202 valence electrons. The Kier molecular flexibility index (Phi) is 9.49. The van der Waals surface area contributed by atoms with Gasteiger partial charge in [0.1, 0.15) is 17.6 Å². The molecular weight excluding hydrogens is 476 g/mol. The highest BCUT2D eigenvalue weighted by Gasteiger charge is 2.37. The van der Waals surface area contributed by atoms with Gasteiger partial charge >= 0.3 is 0 Å².